The molecule has 2 unspecified atom stereocenters. The molecule has 0 aromatic carbocycles. The summed E-state index contributed by atoms with van der Waals surface area (Å²) in [5, 5.41) is 18.9. The van der Waals surface area contributed by atoms with Gasteiger partial charge >= 0.3 is 5.97 Å². The number of rotatable bonds is 5. The van der Waals surface area contributed by atoms with E-state index in [1.54, 1.807) is 13.8 Å². The van der Waals surface area contributed by atoms with Crippen LogP contribution in [-0.4, -0.2) is 46.8 Å². The van der Waals surface area contributed by atoms with E-state index in [0.29, 0.717) is 6.54 Å². The van der Waals surface area contributed by atoms with E-state index >= 15 is 0 Å². The number of likely N-dealkylation sites (tertiary alicyclic amines) is 1. The predicted octanol–water partition coefficient (Wildman–Crippen LogP) is 1.58. The molecule has 0 saturated carbocycles. The van der Waals surface area contributed by atoms with Crippen LogP contribution >= 0.6 is 0 Å². The van der Waals surface area contributed by atoms with E-state index < -0.39 is 11.4 Å². The van der Waals surface area contributed by atoms with Gasteiger partial charge in [-0.2, -0.15) is 0 Å². The number of aliphatic carboxylic acids is 1. The summed E-state index contributed by atoms with van der Waals surface area (Å²) >= 11 is 0. The Bertz CT molecular complexity index is 265. The molecule has 1 rings (SSSR count). The lowest BCUT2D eigenvalue weighted by atomic mass is 9.74. The first kappa shape index (κ1) is 14.5. The summed E-state index contributed by atoms with van der Waals surface area (Å²) in [7, 11) is 0. The fourth-order valence-electron chi connectivity index (χ4n) is 2.41. The maximum atomic E-state index is 11.2. The van der Waals surface area contributed by atoms with Gasteiger partial charge in [-0.3, -0.25) is 4.79 Å². The smallest absolute Gasteiger partial charge is 0.309 e. The quantitative estimate of drug-likeness (QED) is 0.769. The van der Waals surface area contributed by atoms with Gasteiger partial charge < -0.3 is 15.1 Å². The number of aliphatic hydroxyl groups excluding tert-OH is 1. The number of aliphatic hydroxyl groups is 1. The maximum absolute atomic E-state index is 11.2. The van der Waals surface area contributed by atoms with Crippen LogP contribution in [0.4, 0.5) is 0 Å². The summed E-state index contributed by atoms with van der Waals surface area (Å²) in [6.45, 7) is 8.01. The van der Waals surface area contributed by atoms with Crippen molar-refractivity contribution in [1.82, 2.24) is 4.90 Å². The van der Waals surface area contributed by atoms with E-state index in [1.807, 2.05) is 6.92 Å². The number of nitrogens with zero attached hydrogens (tertiary/aromatic N) is 1. The van der Waals surface area contributed by atoms with Crippen molar-refractivity contribution in [3.8, 4) is 0 Å². The summed E-state index contributed by atoms with van der Waals surface area (Å²) in [4.78, 5) is 13.4. The van der Waals surface area contributed by atoms with Crippen LogP contribution in [0.25, 0.3) is 0 Å². The standard InChI is InChI=1S/C13H25NO3/c1-4-11(15)9-14-7-5-6-10(8-14)13(2,3)12(16)17/h10-11,15H,4-9H2,1-3H3,(H,16,17). The van der Waals surface area contributed by atoms with E-state index in [-0.39, 0.29) is 12.0 Å². The number of β-amino-alcohol motifs (C(OH)–C–C–N with tert-alkyl or cyclic N) is 1. The minimum absolute atomic E-state index is 0.179. The third-order valence-corrected chi connectivity index (χ3v) is 4.02. The average Bonchev–Trinajstić information content (AvgIpc) is 2.29. The molecule has 2 atom stereocenters. The van der Waals surface area contributed by atoms with Crippen LogP contribution < -0.4 is 0 Å². The molecule has 1 aliphatic rings. The molecule has 0 aromatic heterocycles. The largest absolute Gasteiger partial charge is 0.481 e. The van der Waals surface area contributed by atoms with E-state index in [4.69, 9.17) is 0 Å². The van der Waals surface area contributed by atoms with Crippen LogP contribution in [0, 0.1) is 11.3 Å². The van der Waals surface area contributed by atoms with Gasteiger partial charge in [-0.25, -0.2) is 0 Å². The molecule has 4 nitrogen and oxygen atoms in total. The van der Waals surface area contributed by atoms with Gasteiger partial charge in [-0.05, 0) is 45.6 Å². The number of hydrogen-bond donors (Lipinski definition) is 2. The first-order valence-corrected chi connectivity index (χ1v) is 6.51. The zero-order valence-electron chi connectivity index (χ0n) is 11.1. The molecule has 1 fully saturated rings. The lowest BCUT2D eigenvalue weighted by Crippen LogP contribution is -2.46. The lowest BCUT2D eigenvalue weighted by Gasteiger charge is -2.39. The second-order valence-electron chi connectivity index (χ2n) is 5.69. The molecule has 1 aliphatic heterocycles. The molecule has 0 aromatic rings. The molecule has 0 bridgehead atoms. The Balaban J connectivity index is 2.57. The summed E-state index contributed by atoms with van der Waals surface area (Å²) in [6.07, 6.45) is 2.46. The molecule has 4 heteroatoms. The first-order valence-electron chi connectivity index (χ1n) is 6.51. The van der Waals surface area contributed by atoms with E-state index in [9.17, 15) is 15.0 Å². The van der Waals surface area contributed by atoms with E-state index in [1.165, 1.54) is 0 Å². The van der Waals surface area contributed by atoms with Crippen LogP contribution in [0.2, 0.25) is 0 Å². The van der Waals surface area contributed by atoms with Gasteiger partial charge in [0.25, 0.3) is 0 Å². The Hall–Kier alpha value is -0.610. The number of piperidine rings is 1. The first-order chi connectivity index (χ1) is 7.87. The maximum Gasteiger partial charge on any atom is 0.309 e. The molecule has 1 saturated heterocycles. The van der Waals surface area contributed by atoms with Crippen LogP contribution in [0.5, 0.6) is 0 Å². The summed E-state index contributed by atoms with van der Waals surface area (Å²) in [5.74, 6) is -0.543. The normalized spacial score (nSPS) is 24.6. The Labute approximate surface area is 104 Å². The monoisotopic (exact) mass is 243 g/mol. The average molecular weight is 243 g/mol. The second-order valence-corrected chi connectivity index (χ2v) is 5.69. The van der Waals surface area contributed by atoms with Gasteiger partial charge in [0.1, 0.15) is 0 Å². The second kappa shape index (κ2) is 5.83. The van der Waals surface area contributed by atoms with Gasteiger partial charge in [0.15, 0.2) is 0 Å². The summed E-state index contributed by atoms with van der Waals surface area (Å²) in [6, 6.07) is 0. The molecule has 0 spiro atoms. The summed E-state index contributed by atoms with van der Waals surface area (Å²) in [5.41, 5.74) is -0.671. The van der Waals surface area contributed by atoms with Gasteiger partial charge in [0.05, 0.1) is 11.5 Å². The van der Waals surface area contributed by atoms with Crippen molar-refractivity contribution >= 4 is 5.97 Å². The van der Waals surface area contributed by atoms with Crippen molar-refractivity contribution in [3.05, 3.63) is 0 Å². The van der Waals surface area contributed by atoms with Crippen molar-refractivity contribution in [2.75, 3.05) is 19.6 Å². The highest BCUT2D eigenvalue weighted by atomic mass is 16.4. The topological polar surface area (TPSA) is 60.8 Å². The molecule has 17 heavy (non-hydrogen) atoms. The van der Waals surface area contributed by atoms with Crippen LogP contribution in [-0.2, 0) is 4.79 Å². The lowest BCUT2D eigenvalue weighted by molar-refractivity contribution is -0.151. The van der Waals surface area contributed by atoms with Crippen molar-refractivity contribution < 1.29 is 15.0 Å². The Kier molecular flexibility index (Phi) is 4.95. The molecular weight excluding hydrogens is 218 g/mol. The molecular formula is C13H25NO3. The molecule has 0 aliphatic carbocycles. The minimum atomic E-state index is -0.722. The van der Waals surface area contributed by atoms with Gasteiger partial charge in [0.2, 0.25) is 0 Å². The van der Waals surface area contributed by atoms with Crippen molar-refractivity contribution in [1.29, 1.82) is 0 Å². The highest BCUT2D eigenvalue weighted by Crippen LogP contribution is 2.34. The minimum Gasteiger partial charge on any atom is -0.481 e. The Morgan fingerprint density at radius 1 is 1.53 bits per heavy atom. The third-order valence-electron chi connectivity index (χ3n) is 4.02. The van der Waals surface area contributed by atoms with Crippen LogP contribution in [0.1, 0.15) is 40.0 Å². The molecule has 1 heterocycles. The highest BCUT2D eigenvalue weighted by molar-refractivity contribution is 5.74. The van der Waals surface area contributed by atoms with Crippen LogP contribution in [0.3, 0.4) is 0 Å². The fourth-order valence-corrected chi connectivity index (χ4v) is 2.41. The van der Waals surface area contributed by atoms with Crippen molar-refractivity contribution in [2.24, 2.45) is 11.3 Å². The number of carboxylic acids is 1. The zero-order chi connectivity index (χ0) is 13.1. The third kappa shape index (κ3) is 3.68. The van der Waals surface area contributed by atoms with Crippen molar-refractivity contribution in [3.63, 3.8) is 0 Å². The fraction of sp³-hybridized carbons (Fsp3) is 0.923. The Morgan fingerprint density at radius 2 is 2.18 bits per heavy atom. The zero-order valence-corrected chi connectivity index (χ0v) is 11.1. The Morgan fingerprint density at radius 3 is 2.71 bits per heavy atom. The van der Waals surface area contributed by atoms with Gasteiger partial charge in [-0.15, -0.1) is 0 Å². The van der Waals surface area contributed by atoms with Gasteiger partial charge in [0, 0.05) is 13.1 Å². The number of hydrogen-bond acceptors (Lipinski definition) is 3. The van der Waals surface area contributed by atoms with E-state index in [2.05, 4.69) is 4.90 Å². The van der Waals surface area contributed by atoms with E-state index in [0.717, 1.165) is 32.4 Å². The number of carbonyl (C=O) groups is 1. The van der Waals surface area contributed by atoms with Crippen molar-refractivity contribution in [2.45, 2.75) is 46.1 Å². The molecule has 0 amide bonds. The molecule has 100 valence electrons. The van der Waals surface area contributed by atoms with Crippen LogP contribution in [0.15, 0.2) is 0 Å². The number of carboxylic acid groups (broad SMARTS) is 1. The summed E-state index contributed by atoms with van der Waals surface area (Å²) < 4.78 is 0. The highest BCUT2D eigenvalue weighted by Gasteiger charge is 2.39. The molecule has 0 radical (unpaired) electrons. The SMILES string of the molecule is CCC(O)CN1CCCC(C(C)(C)C(=O)O)C1. The predicted molar refractivity (Wildman–Crippen MR) is 66.9 cm³/mol. The molecule has 2 N–H and O–H groups in total. The van der Waals surface area contributed by atoms with Gasteiger partial charge in [-0.1, -0.05) is 6.92 Å².